The minimum atomic E-state index is 0.134. The fourth-order valence-corrected chi connectivity index (χ4v) is 2.11. The summed E-state index contributed by atoms with van der Waals surface area (Å²) in [6.45, 7) is 10.6. The minimum absolute atomic E-state index is 0.134. The zero-order chi connectivity index (χ0) is 15.3. The van der Waals surface area contributed by atoms with Crippen molar-refractivity contribution in [3.05, 3.63) is 59.7 Å². The molecule has 0 spiro atoms. The van der Waals surface area contributed by atoms with Gasteiger partial charge in [0.15, 0.2) is 0 Å². The maximum atomic E-state index is 5.95. The molecule has 0 aromatic heterocycles. The number of hydrogen-bond acceptors (Lipinski definition) is 2. The van der Waals surface area contributed by atoms with E-state index in [1.165, 1.54) is 11.1 Å². The lowest BCUT2D eigenvalue weighted by molar-refractivity contribution is 0.478. The minimum Gasteiger partial charge on any atom is -0.457 e. The van der Waals surface area contributed by atoms with Crippen LogP contribution in [0.4, 0.5) is 0 Å². The number of ether oxygens (including phenoxy) is 1. The van der Waals surface area contributed by atoms with Crippen molar-refractivity contribution in [2.45, 2.75) is 39.7 Å². The fraction of sp³-hybridized carbons (Fsp3) is 0.368. The van der Waals surface area contributed by atoms with Crippen LogP contribution in [0.3, 0.4) is 0 Å². The van der Waals surface area contributed by atoms with Gasteiger partial charge in [-0.3, -0.25) is 0 Å². The molecule has 2 rings (SSSR count). The van der Waals surface area contributed by atoms with Gasteiger partial charge in [-0.15, -0.1) is 0 Å². The van der Waals surface area contributed by atoms with Crippen LogP contribution in [0.5, 0.6) is 11.5 Å². The van der Waals surface area contributed by atoms with E-state index in [2.05, 4.69) is 63.3 Å². The zero-order valence-corrected chi connectivity index (χ0v) is 13.4. The van der Waals surface area contributed by atoms with Crippen LogP contribution in [0.25, 0.3) is 0 Å². The average molecular weight is 283 g/mol. The highest BCUT2D eigenvalue weighted by atomic mass is 16.5. The molecule has 0 bridgehead atoms. The third kappa shape index (κ3) is 4.61. The predicted molar refractivity (Wildman–Crippen MR) is 89.0 cm³/mol. The van der Waals surface area contributed by atoms with Crippen LogP contribution in [-0.4, -0.2) is 6.54 Å². The summed E-state index contributed by atoms with van der Waals surface area (Å²) in [5.74, 6) is 1.77. The van der Waals surface area contributed by atoms with Gasteiger partial charge in [-0.2, -0.15) is 0 Å². The summed E-state index contributed by atoms with van der Waals surface area (Å²) in [6, 6.07) is 16.6. The Kier molecular flexibility index (Phi) is 5.03. The molecule has 0 aliphatic rings. The number of nitrogens with one attached hydrogen (secondary N) is 1. The lowest BCUT2D eigenvalue weighted by Gasteiger charge is -2.19. The molecule has 1 N–H and O–H groups in total. The molecule has 0 saturated carbocycles. The molecule has 2 heteroatoms. The number of hydrogen-bond donors (Lipinski definition) is 1. The van der Waals surface area contributed by atoms with Gasteiger partial charge in [0.05, 0.1) is 0 Å². The SMILES string of the molecule is CCNCc1ccc(Oc2cccc(C(C)(C)C)c2)cc1. The molecule has 0 atom stereocenters. The first-order valence-electron chi connectivity index (χ1n) is 7.57. The van der Waals surface area contributed by atoms with E-state index in [1.807, 2.05) is 18.2 Å². The monoisotopic (exact) mass is 283 g/mol. The van der Waals surface area contributed by atoms with E-state index in [0.29, 0.717) is 0 Å². The van der Waals surface area contributed by atoms with E-state index in [4.69, 9.17) is 4.74 Å². The molecule has 2 nitrogen and oxygen atoms in total. The zero-order valence-electron chi connectivity index (χ0n) is 13.4. The summed E-state index contributed by atoms with van der Waals surface area (Å²) >= 11 is 0. The quantitative estimate of drug-likeness (QED) is 0.844. The Balaban J connectivity index is 2.08. The highest BCUT2D eigenvalue weighted by molar-refractivity contribution is 5.37. The fourth-order valence-electron chi connectivity index (χ4n) is 2.11. The summed E-state index contributed by atoms with van der Waals surface area (Å²) in [7, 11) is 0. The molecule has 0 amide bonds. The van der Waals surface area contributed by atoms with Crippen molar-refractivity contribution in [2.24, 2.45) is 0 Å². The molecule has 0 unspecified atom stereocenters. The van der Waals surface area contributed by atoms with Crippen LogP contribution in [0.15, 0.2) is 48.5 Å². The highest BCUT2D eigenvalue weighted by Crippen LogP contribution is 2.28. The molecular weight excluding hydrogens is 258 g/mol. The van der Waals surface area contributed by atoms with E-state index in [1.54, 1.807) is 0 Å². The first kappa shape index (κ1) is 15.6. The van der Waals surface area contributed by atoms with E-state index >= 15 is 0 Å². The topological polar surface area (TPSA) is 21.3 Å². The second-order valence-electron chi connectivity index (χ2n) is 6.30. The normalized spacial score (nSPS) is 11.4. The highest BCUT2D eigenvalue weighted by Gasteiger charge is 2.14. The third-order valence-electron chi connectivity index (χ3n) is 3.44. The summed E-state index contributed by atoms with van der Waals surface area (Å²) in [4.78, 5) is 0. The maximum absolute atomic E-state index is 5.95. The van der Waals surface area contributed by atoms with Gasteiger partial charge in [0.25, 0.3) is 0 Å². The Labute approximate surface area is 128 Å². The van der Waals surface area contributed by atoms with Crippen LogP contribution in [0.1, 0.15) is 38.8 Å². The second kappa shape index (κ2) is 6.77. The van der Waals surface area contributed by atoms with Crippen LogP contribution in [0, 0.1) is 0 Å². The van der Waals surface area contributed by atoms with Gasteiger partial charge in [0.2, 0.25) is 0 Å². The van der Waals surface area contributed by atoms with Crippen molar-refractivity contribution < 1.29 is 4.74 Å². The van der Waals surface area contributed by atoms with Gasteiger partial charge < -0.3 is 10.1 Å². The van der Waals surface area contributed by atoms with Crippen molar-refractivity contribution in [3.63, 3.8) is 0 Å². The molecule has 0 saturated heterocycles. The Bertz CT molecular complexity index is 567. The van der Waals surface area contributed by atoms with Gasteiger partial charge in [-0.25, -0.2) is 0 Å². The second-order valence-corrected chi connectivity index (χ2v) is 6.30. The molecule has 21 heavy (non-hydrogen) atoms. The molecule has 2 aromatic rings. The van der Waals surface area contributed by atoms with E-state index in [-0.39, 0.29) is 5.41 Å². The van der Waals surface area contributed by atoms with Gasteiger partial charge in [-0.05, 0) is 47.4 Å². The molecule has 112 valence electrons. The molecule has 0 aliphatic carbocycles. The van der Waals surface area contributed by atoms with Gasteiger partial charge >= 0.3 is 0 Å². The number of benzene rings is 2. The Morgan fingerprint density at radius 2 is 1.67 bits per heavy atom. The Morgan fingerprint density at radius 1 is 0.952 bits per heavy atom. The summed E-state index contributed by atoms with van der Waals surface area (Å²) in [5.41, 5.74) is 2.69. The molecule has 0 aliphatic heterocycles. The summed E-state index contributed by atoms with van der Waals surface area (Å²) < 4.78 is 5.95. The largest absolute Gasteiger partial charge is 0.457 e. The van der Waals surface area contributed by atoms with Crippen molar-refractivity contribution >= 4 is 0 Å². The molecule has 2 aromatic carbocycles. The number of rotatable bonds is 5. The first-order chi connectivity index (χ1) is 9.99. The van der Waals surface area contributed by atoms with Crippen LogP contribution >= 0.6 is 0 Å². The Hall–Kier alpha value is -1.80. The predicted octanol–water partition coefficient (Wildman–Crippen LogP) is 4.89. The van der Waals surface area contributed by atoms with Gasteiger partial charge in [-0.1, -0.05) is 52.0 Å². The molecule has 0 radical (unpaired) electrons. The van der Waals surface area contributed by atoms with Gasteiger partial charge in [0.1, 0.15) is 11.5 Å². The van der Waals surface area contributed by atoms with Crippen LogP contribution in [0.2, 0.25) is 0 Å². The third-order valence-corrected chi connectivity index (χ3v) is 3.44. The average Bonchev–Trinajstić information content (AvgIpc) is 2.46. The first-order valence-corrected chi connectivity index (χ1v) is 7.57. The molecular formula is C19H25NO. The summed E-state index contributed by atoms with van der Waals surface area (Å²) in [5, 5.41) is 3.32. The van der Waals surface area contributed by atoms with E-state index in [0.717, 1.165) is 24.6 Å². The maximum Gasteiger partial charge on any atom is 0.127 e. The van der Waals surface area contributed by atoms with Crippen molar-refractivity contribution in [3.8, 4) is 11.5 Å². The lowest BCUT2D eigenvalue weighted by Crippen LogP contribution is -2.11. The molecule has 0 heterocycles. The van der Waals surface area contributed by atoms with E-state index < -0.39 is 0 Å². The van der Waals surface area contributed by atoms with Crippen molar-refractivity contribution in [1.29, 1.82) is 0 Å². The standard InChI is InChI=1S/C19H25NO/c1-5-20-14-15-9-11-17(12-10-15)21-18-8-6-7-16(13-18)19(2,3)4/h6-13,20H,5,14H2,1-4H3. The lowest BCUT2D eigenvalue weighted by atomic mass is 9.87. The Morgan fingerprint density at radius 3 is 2.29 bits per heavy atom. The van der Waals surface area contributed by atoms with Crippen molar-refractivity contribution in [1.82, 2.24) is 5.32 Å². The van der Waals surface area contributed by atoms with E-state index in [9.17, 15) is 0 Å². The van der Waals surface area contributed by atoms with Gasteiger partial charge in [0, 0.05) is 6.54 Å². The smallest absolute Gasteiger partial charge is 0.127 e. The molecule has 0 fully saturated rings. The van der Waals surface area contributed by atoms with Crippen LogP contribution < -0.4 is 10.1 Å². The summed E-state index contributed by atoms with van der Waals surface area (Å²) in [6.07, 6.45) is 0. The van der Waals surface area contributed by atoms with Crippen molar-refractivity contribution in [2.75, 3.05) is 6.54 Å². The van der Waals surface area contributed by atoms with Crippen LogP contribution in [-0.2, 0) is 12.0 Å².